The van der Waals surface area contributed by atoms with Gasteiger partial charge in [-0.05, 0) is 25.8 Å². The van der Waals surface area contributed by atoms with Crippen molar-refractivity contribution in [1.29, 1.82) is 0 Å². The van der Waals surface area contributed by atoms with E-state index in [1.807, 2.05) is 0 Å². The van der Waals surface area contributed by atoms with E-state index in [-0.39, 0.29) is 17.3 Å². The highest BCUT2D eigenvalue weighted by atomic mass is 32.2. The van der Waals surface area contributed by atoms with Gasteiger partial charge in [0, 0.05) is 24.6 Å². The van der Waals surface area contributed by atoms with Gasteiger partial charge in [0.25, 0.3) is 0 Å². The summed E-state index contributed by atoms with van der Waals surface area (Å²) in [5, 5.41) is 3.27. The van der Waals surface area contributed by atoms with Crippen molar-refractivity contribution in [2.45, 2.75) is 45.1 Å². The SMILES string of the molecule is CCS(=O)(=O)CCCC(=O)CC1CCCN1. The van der Waals surface area contributed by atoms with Crippen molar-refractivity contribution in [3.63, 3.8) is 0 Å². The Morgan fingerprint density at radius 1 is 1.44 bits per heavy atom. The molecule has 0 amide bonds. The molecule has 1 fully saturated rings. The lowest BCUT2D eigenvalue weighted by Crippen LogP contribution is -2.24. The average molecular weight is 247 g/mol. The van der Waals surface area contributed by atoms with E-state index in [1.54, 1.807) is 6.92 Å². The molecule has 1 aliphatic rings. The Hall–Kier alpha value is -0.420. The monoisotopic (exact) mass is 247 g/mol. The standard InChI is InChI=1S/C11H21NO3S/c1-2-16(14,15)8-4-6-11(13)9-10-5-3-7-12-10/h10,12H,2-9H2,1H3. The first-order chi connectivity index (χ1) is 7.53. The molecule has 0 saturated carbocycles. The molecule has 1 heterocycles. The molecule has 0 aromatic rings. The molecule has 1 aliphatic heterocycles. The summed E-state index contributed by atoms with van der Waals surface area (Å²) in [5.74, 6) is 0.504. The van der Waals surface area contributed by atoms with E-state index < -0.39 is 9.84 Å². The second-order valence-electron chi connectivity index (χ2n) is 4.38. The number of hydrogen-bond acceptors (Lipinski definition) is 4. The Labute approximate surface area is 97.7 Å². The first-order valence-electron chi connectivity index (χ1n) is 5.99. The van der Waals surface area contributed by atoms with Crippen molar-refractivity contribution >= 4 is 15.6 Å². The van der Waals surface area contributed by atoms with Gasteiger partial charge < -0.3 is 5.32 Å². The van der Waals surface area contributed by atoms with Gasteiger partial charge in [-0.2, -0.15) is 0 Å². The summed E-state index contributed by atoms with van der Waals surface area (Å²) in [6, 6.07) is 0.329. The maximum absolute atomic E-state index is 11.5. The molecule has 1 saturated heterocycles. The second-order valence-corrected chi connectivity index (χ2v) is 6.85. The summed E-state index contributed by atoms with van der Waals surface area (Å²) >= 11 is 0. The minimum Gasteiger partial charge on any atom is -0.314 e. The van der Waals surface area contributed by atoms with Gasteiger partial charge in [0.15, 0.2) is 0 Å². The van der Waals surface area contributed by atoms with Crippen LogP contribution < -0.4 is 5.32 Å². The van der Waals surface area contributed by atoms with Crippen LogP contribution in [0.15, 0.2) is 0 Å². The smallest absolute Gasteiger partial charge is 0.150 e. The van der Waals surface area contributed by atoms with Crippen LogP contribution in [0, 0.1) is 0 Å². The number of carbonyl (C=O) groups excluding carboxylic acids is 1. The van der Waals surface area contributed by atoms with E-state index in [1.165, 1.54) is 0 Å². The minimum atomic E-state index is -2.91. The molecule has 0 radical (unpaired) electrons. The number of nitrogens with one attached hydrogen (secondary N) is 1. The van der Waals surface area contributed by atoms with E-state index in [4.69, 9.17) is 0 Å². The Morgan fingerprint density at radius 2 is 2.19 bits per heavy atom. The molecule has 1 unspecified atom stereocenters. The summed E-state index contributed by atoms with van der Waals surface area (Å²) in [6.45, 7) is 2.64. The van der Waals surface area contributed by atoms with Crippen LogP contribution in [-0.2, 0) is 14.6 Å². The predicted molar refractivity (Wildman–Crippen MR) is 64.2 cm³/mol. The van der Waals surface area contributed by atoms with Crippen LogP contribution in [0.2, 0.25) is 0 Å². The highest BCUT2D eigenvalue weighted by molar-refractivity contribution is 7.91. The zero-order valence-corrected chi connectivity index (χ0v) is 10.7. The van der Waals surface area contributed by atoms with Gasteiger partial charge in [-0.1, -0.05) is 6.92 Å². The van der Waals surface area contributed by atoms with Crippen molar-refractivity contribution in [2.75, 3.05) is 18.1 Å². The highest BCUT2D eigenvalue weighted by Gasteiger charge is 2.17. The molecule has 0 bridgehead atoms. The van der Waals surface area contributed by atoms with E-state index in [0.717, 1.165) is 19.4 Å². The lowest BCUT2D eigenvalue weighted by atomic mass is 10.1. The number of ketones is 1. The third-order valence-corrected chi connectivity index (χ3v) is 4.78. The summed E-state index contributed by atoms with van der Waals surface area (Å²) in [5.41, 5.74) is 0. The maximum Gasteiger partial charge on any atom is 0.150 e. The van der Waals surface area contributed by atoms with Crippen molar-refractivity contribution < 1.29 is 13.2 Å². The third-order valence-electron chi connectivity index (χ3n) is 2.99. The predicted octanol–water partition coefficient (Wildman–Crippen LogP) is 0.913. The normalized spacial score (nSPS) is 21.2. The Kier molecular flexibility index (Phi) is 5.41. The largest absolute Gasteiger partial charge is 0.314 e. The Balaban J connectivity index is 2.15. The first-order valence-corrected chi connectivity index (χ1v) is 7.81. The molecule has 0 aromatic heterocycles. The van der Waals surface area contributed by atoms with Crippen molar-refractivity contribution in [3.05, 3.63) is 0 Å². The van der Waals surface area contributed by atoms with Gasteiger partial charge in [0.1, 0.15) is 15.6 Å². The van der Waals surface area contributed by atoms with Gasteiger partial charge in [-0.15, -0.1) is 0 Å². The van der Waals surface area contributed by atoms with Gasteiger partial charge >= 0.3 is 0 Å². The number of Topliss-reactive ketones (excluding diaryl/α,β-unsaturated/α-hetero) is 1. The molecule has 1 N–H and O–H groups in total. The van der Waals surface area contributed by atoms with Crippen LogP contribution in [0.5, 0.6) is 0 Å². The fraction of sp³-hybridized carbons (Fsp3) is 0.909. The summed E-state index contributed by atoms with van der Waals surface area (Å²) in [6.07, 6.45) is 3.65. The van der Waals surface area contributed by atoms with Crippen molar-refractivity contribution in [2.24, 2.45) is 0 Å². The number of rotatable bonds is 7. The van der Waals surface area contributed by atoms with Crippen LogP contribution in [0.3, 0.4) is 0 Å². The fourth-order valence-electron chi connectivity index (χ4n) is 1.94. The molecular weight excluding hydrogens is 226 g/mol. The molecule has 0 aromatic carbocycles. The van der Waals surface area contributed by atoms with Crippen LogP contribution >= 0.6 is 0 Å². The van der Waals surface area contributed by atoms with Crippen LogP contribution in [-0.4, -0.2) is 38.3 Å². The molecule has 94 valence electrons. The quantitative estimate of drug-likeness (QED) is 0.726. The van der Waals surface area contributed by atoms with Crippen LogP contribution in [0.4, 0.5) is 0 Å². The van der Waals surface area contributed by atoms with Crippen LogP contribution in [0.1, 0.15) is 39.0 Å². The lowest BCUT2D eigenvalue weighted by molar-refractivity contribution is -0.119. The molecule has 1 rings (SSSR count). The lowest BCUT2D eigenvalue weighted by Gasteiger charge is -2.08. The fourth-order valence-corrected chi connectivity index (χ4v) is 2.81. The number of hydrogen-bond donors (Lipinski definition) is 1. The Morgan fingerprint density at radius 3 is 2.75 bits per heavy atom. The highest BCUT2D eigenvalue weighted by Crippen LogP contribution is 2.11. The molecule has 0 spiro atoms. The van der Waals surface area contributed by atoms with Gasteiger partial charge in [-0.25, -0.2) is 8.42 Å². The summed E-state index contributed by atoms with van der Waals surface area (Å²) in [4.78, 5) is 11.5. The first kappa shape index (κ1) is 13.6. The third kappa shape index (κ3) is 5.07. The Bertz CT molecular complexity index is 318. The topological polar surface area (TPSA) is 63.2 Å². The summed E-state index contributed by atoms with van der Waals surface area (Å²) in [7, 11) is -2.91. The molecule has 4 nitrogen and oxygen atoms in total. The van der Waals surface area contributed by atoms with E-state index in [0.29, 0.717) is 25.3 Å². The molecule has 1 atom stereocenters. The average Bonchev–Trinajstić information content (AvgIpc) is 2.70. The minimum absolute atomic E-state index is 0.146. The van der Waals surface area contributed by atoms with E-state index in [9.17, 15) is 13.2 Å². The van der Waals surface area contributed by atoms with Gasteiger partial charge in [0.05, 0.1) is 5.75 Å². The maximum atomic E-state index is 11.5. The van der Waals surface area contributed by atoms with Gasteiger partial charge in [0.2, 0.25) is 0 Å². The molecule has 5 heteroatoms. The summed E-state index contributed by atoms with van der Waals surface area (Å²) < 4.78 is 22.4. The molecular formula is C11H21NO3S. The zero-order valence-electron chi connectivity index (χ0n) is 9.87. The van der Waals surface area contributed by atoms with E-state index >= 15 is 0 Å². The van der Waals surface area contributed by atoms with E-state index in [2.05, 4.69) is 5.32 Å². The second kappa shape index (κ2) is 6.35. The zero-order chi connectivity index (χ0) is 12.0. The van der Waals surface area contributed by atoms with Crippen molar-refractivity contribution in [3.8, 4) is 0 Å². The number of carbonyl (C=O) groups is 1. The van der Waals surface area contributed by atoms with Crippen LogP contribution in [0.25, 0.3) is 0 Å². The molecule has 0 aliphatic carbocycles. The number of sulfone groups is 1. The van der Waals surface area contributed by atoms with Gasteiger partial charge in [-0.3, -0.25) is 4.79 Å². The van der Waals surface area contributed by atoms with Crippen molar-refractivity contribution in [1.82, 2.24) is 5.32 Å². The molecule has 16 heavy (non-hydrogen) atoms.